The number of anilines is 1. The number of carbonyl (C=O) groups excluding carboxylic acids is 3. The van der Waals surface area contributed by atoms with Crippen molar-refractivity contribution in [3.05, 3.63) is 64.7 Å². The van der Waals surface area contributed by atoms with Gasteiger partial charge in [0.2, 0.25) is 11.8 Å². The Labute approximate surface area is 188 Å². The number of amides is 2. The minimum absolute atomic E-state index is 0.0317. The quantitative estimate of drug-likeness (QED) is 0.375. The van der Waals surface area contributed by atoms with Gasteiger partial charge in [0.05, 0.1) is 18.4 Å². The van der Waals surface area contributed by atoms with Gasteiger partial charge in [0.25, 0.3) is 0 Å². The van der Waals surface area contributed by atoms with Crippen molar-refractivity contribution >= 4 is 58.2 Å². The highest BCUT2D eigenvalue weighted by atomic mass is 35.5. The second-order valence-electron chi connectivity index (χ2n) is 6.35. The van der Waals surface area contributed by atoms with Crippen molar-refractivity contribution in [1.29, 1.82) is 0 Å². The standard InChI is InChI=1S/C21H19ClN4O4S/c1-2-30-20(29)14-5-9-16(10-6-14)24-18(27)11-17-19(28)25-21(31-17)26-23-12-13-3-7-15(22)8-4-13/h3-10,12,17H,2,11H2,1H3,(H,24,27)(H,25,26,28)/b23-12-/t17-/m1/s1. The van der Waals surface area contributed by atoms with Gasteiger partial charge in [0.1, 0.15) is 5.25 Å². The Morgan fingerprint density at radius 3 is 2.58 bits per heavy atom. The number of ether oxygens (including phenoxy) is 1. The minimum Gasteiger partial charge on any atom is -0.462 e. The lowest BCUT2D eigenvalue weighted by Gasteiger charge is -2.08. The normalized spacial score (nSPS) is 17.0. The van der Waals surface area contributed by atoms with Crippen LogP contribution in [0.4, 0.5) is 5.69 Å². The maximum absolute atomic E-state index is 12.3. The average Bonchev–Trinajstić information content (AvgIpc) is 3.09. The fourth-order valence-corrected chi connectivity index (χ4v) is 3.62. The number of carbonyl (C=O) groups is 3. The molecule has 2 N–H and O–H groups in total. The van der Waals surface area contributed by atoms with E-state index in [2.05, 4.69) is 20.8 Å². The summed E-state index contributed by atoms with van der Waals surface area (Å²) in [6, 6.07) is 13.4. The maximum Gasteiger partial charge on any atom is 0.338 e. The largest absolute Gasteiger partial charge is 0.462 e. The fourth-order valence-electron chi connectivity index (χ4n) is 2.57. The number of halogens is 1. The van der Waals surface area contributed by atoms with Crippen molar-refractivity contribution in [3.63, 3.8) is 0 Å². The van der Waals surface area contributed by atoms with E-state index in [4.69, 9.17) is 16.3 Å². The van der Waals surface area contributed by atoms with Crippen molar-refractivity contribution < 1.29 is 19.1 Å². The highest BCUT2D eigenvalue weighted by Crippen LogP contribution is 2.23. The molecule has 3 rings (SSSR count). The summed E-state index contributed by atoms with van der Waals surface area (Å²) in [5.41, 5.74) is 1.72. The van der Waals surface area contributed by atoms with Crippen molar-refractivity contribution in [1.82, 2.24) is 5.32 Å². The molecule has 0 aliphatic carbocycles. The van der Waals surface area contributed by atoms with Gasteiger partial charge in [-0.1, -0.05) is 35.5 Å². The molecular weight excluding hydrogens is 440 g/mol. The summed E-state index contributed by atoms with van der Waals surface area (Å²) >= 11 is 6.97. The zero-order valence-corrected chi connectivity index (χ0v) is 18.1. The first-order valence-electron chi connectivity index (χ1n) is 9.35. The SMILES string of the molecule is CCOC(=O)c1ccc(NC(=O)C[C@H]2S/C(=N\N=C/c3ccc(Cl)cc3)NC2=O)cc1. The van der Waals surface area contributed by atoms with E-state index in [1.165, 1.54) is 6.21 Å². The van der Waals surface area contributed by atoms with Gasteiger partial charge in [-0.3, -0.25) is 9.59 Å². The Hall–Kier alpha value is -3.17. The molecule has 1 saturated heterocycles. The van der Waals surface area contributed by atoms with Crippen molar-refractivity contribution in [2.75, 3.05) is 11.9 Å². The molecule has 1 aliphatic rings. The van der Waals surface area contributed by atoms with Gasteiger partial charge < -0.3 is 15.4 Å². The fraction of sp³-hybridized carbons (Fsp3) is 0.190. The number of rotatable bonds is 7. The smallest absolute Gasteiger partial charge is 0.338 e. The summed E-state index contributed by atoms with van der Waals surface area (Å²) in [7, 11) is 0. The first kappa shape index (κ1) is 22.5. The lowest BCUT2D eigenvalue weighted by atomic mass is 10.2. The molecule has 0 bridgehead atoms. The Morgan fingerprint density at radius 2 is 1.90 bits per heavy atom. The van der Waals surface area contributed by atoms with Crippen LogP contribution in [-0.4, -0.2) is 41.0 Å². The van der Waals surface area contributed by atoms with Gasteiger partial charge in [0.15, 0.2) is 5.17 Å². The molecule has 2 aromatic carbocycles. The number of benzene rings is 2. The molecule has 10 heteroatoms. The number of esters is 1. The Morgan fingerprint density at radius 1 is 1.19 bits per heavy atom. The predicted octanol–water partition coefficient (Wildman–Crippen LogP) is 3.47. The van der Waals surface area contributed by atoms with E-state index in [0.717, 1.165) is 17.3 Å². The predicted molar refractivity (Wildman–Crippen MR) is 122 cm³/mol. The van der Waals surface area contributed by atoms with E-state index in [0.29, 0.717) is 21.4 Å². The lowest BCUT2D eigenvalue weighted by molar-refractivity contribution is -0.122. The van der Waals surface area contributed by atoms with Gasteiger partial charge in [0, 0.05) is 17.1 Å². The molecule has 0 unspecified atom stereocenters. The molecule has 2 amide bonds. The van der Waals surface area contributed by atoms with E-state index in [1.54, 1.807) is 55.5 Å². The number of thioether (sulfide) groups is 1. The zero-order valence-electron chi connectivity index (χ0n) is 16.5. The topological polar surface area (TPSA) is 109 Å². The molecule has 1 aliphatic heterocycles. The summed E-state index contributed by atoms with van der Waals surface area (Å²) in [6.07, 6.45) is 1.51. The third kappa shape index (κ3) is 6.66. The van der Waals surface area contributed by atoms with Crippen molar-refractivity contribution in [2.24, 2.45) is 10.2 Å². The minimum atomic E-state index is -0.608. The third-order valence-corrected chi connectivity index (χ3v) is 5.38. The van der Waals surface area contributed by atoms with Crippen molar-refractivity contribution in [2.45, 2.75) is 18.6 Å². The third-order valence-electron chi connectivity index (χ3n) is 4.05. The summed E-state index contributed by atoms with van der Waals surface area (Å²) < 4.78 is 4.92. The van der Waals surface area contributed by atoms with Gasteiger partial charge in [-0.25, -0.2) is 4.79 Å². The van der Waals surface area contributed by atoms with E-state index >= 15 is 0 Å². The van der Waals surface area contributed by atoms with E-state index in [-0.39, 0.29) is 24.8 Å². The first-order valence-corrected chi connectivity index (χ1v) is 10.6. The molecule has 2 aromatic rings. The van der Waals surface area contributed by atoms with Crippen LogP contribution in [0.5, 0.6) is 0 Å². The number of hydrogen-bond acceptors (Lipinski definition) is 7. The Bertz CT molecular complexity index is 1020. The van der Waals surface area contributed by atoms with Crippen LogP contribution in [0.2, 0.25) is 5.02 Å². The molecular formula is C21H19ClN4O4S. The van der Waals surface area contributed by atoms with E-state index < -0.39 is 11.2 Å². The Balaban J connectivity index is 1.51. The summed E-state index contributed by atoms with van der Waals surface area (Å²) in [6.45, 7) is 2.02. The molecule has 0 saturated carbocycles. The van der Waals surface area contributed by atoms with Crippen LogP contribution in [0, 0.1) is 0 Å². The monoisotopic (exact) mass is 458 g/mol. The van der Waals surface area contributed by atoms with Gasteiger partial charge in [-0.2, -0.15) is 5.10 Å². The van der Waals surface area contributed by atoms with Crippen LogP contribution >= 0.6 is 23.4 Å². The molecule has 0 aromatic heterocycles. The van der Waals surface area contributed by atoms with Crippen LogP contribution in [0.15, 0.2) is 58.7 Å². The van der Waals surface area contributed by atoms with E-state index in [1.807, 2.05) is 0 Å². The second kappa shape index (κ2) is 10.7. The first-order chi connectivity index (χ1) is 14.9. The van der Waals surface area contributed by atoms with Crippen molar-refractivity contribution in [3.8, 4) is 0 Å². The van der Waals surface area contributed by atoms with Crippen LogP contribution in [0.1, 0.15) is 29.3 Å². The molecule has 0 spiro atoms. The number of nitrogens with zero attached hydrogens (tertiary/aromatic N) is 2. The van der Waals surface area contributed by atoms with Gasteiger partial charge in [-0.05, 0) is 48.9 Å². The highest BCUT2D eigenvalue weighted by molar-refractivity contribution is 8.15. The van der Waals surface area contributed by atoms with Gasteiger partial charge >= 0.3 is 5.97 Å². The summed E-state index contributed by atoms with van der Waals surface area (Å²) in [5.74, 6) is -1.06. The summed E-state index contributed by atoms with van der Waals surface area (Å²) in [4.78, 5) is 36.1. The molecule has 0 radical (unpaired) electrons. The van der Waals surface area contributed by atoms with Crippen LogP contribution in [0.25, 0.3) is 0 Å². The number of amidine groups is 1. The maximum atomic E-state index is 12.3. The van der Waals surface area contributed by atoms with Crippen LogP contribution in [-0.2, 0) is 14.3 Å². The molecule has 31 heavy (non-hydrogen) atoms. The van der Waals surface area contributed by atoms with E-state index in [9.17, 15) is 14.4 Å². The van der Waals surface area contributed by atoms with Gasteiger partial charge in [-0.15, -0.1) is 5.10 Å². The summed E-state index contributed by atoms with van der Waals surface area (Å²) in [5, 5.41) is 13.6. The average molecular weight is 459 g/mol. The molecule has 1 heterocycles. The zero-order chi connectivity index (χ0) is 22.2. The molecule has 8 nitrogen and oxygen atoms in total. The van der Waals surface area contributed by atoms with Crippen LogP contribution < -0.4 is 10.6 Å². The second-order valence-corrected chi connectivity index (χ2v) is 7.98. The van der Waals surface area contributed by atoms with Crippen LogP contribution in [0.3, 0.4) is 0 Å². The molecule has 160 valence electrons. The molecule has 1 fully saturated rings. The number of nitrogens with one attached hydrogen (secondary N) is 2. The highest BCUT2D eigenvalue weighted by Gasteiger charge is 2.32. The Kier molecular flexibility index (Phi) is 7.80. The molecule has 1 atom stereocenters. The lowest BCUT2D eigenvalue weighted by Crippen LogP contribution is -2.28. The number of hydrogen-bond donors (Lipinski definition) is 2.